The van der Waals surface area contributed by atoms with Gasteiger partial charge in [0.1, 0.15) is 5.00 Å². The van der Waals surface area contributed by atoms with E-state index in [1.165, 1.54) is 11.3 Å². The summed E-state index contributed by atoms with van der Waals surface area (Å²) in [5, 5.41) is 15.0. The number of aryl methyl sites for hydroxylation is 1. The second-order valence-electron chi connectivity index (χ2n) is 5.21. The molecule has 1 aromatic rings. The quantitative estimate of drug-likeness (QED) is 0.797. The Bertz CT molecular complexity index is 535. The third kappa shape index (κ3) is 3.95. The van der Waals surface area contributed by atoms with Crippen molar-refractivity contribution in [3.63, 3.8) is 0 Å². The zero-order valence-electron chi connectivity index (χ0n) is 12.2. The molecule has 0 aliphatic carbocycles. The zero-order valence-corrected chi connectivity index (χ0v) is 13.0. The van der Waals surface area contributed by atoms with E-state index in [1.807, 2.05) is 6.92 Å². The molecule has 6 nitrogen and oxygen atoms in total. The number of rotatable bonds is 4. The number of amides is 2. The van der Waals surface area contributed by atoms with Gasteiger partial charge in [0.15, 0.2) is 0 Å². The normalized spacial score (nSPS) is 18.3. The second kappa shape index (κ2) is 6.91. The Morgan fingerprint density at radius 1 is 1.43 bits per heavy atom. The lowest BCUT2D eigenvalue weighted by Gasteiger charge is -2.22. The molecule has 1 atom stereocenters. The molecule has 1 aromatic heterocycles. The van der Waals surface area contributed by atoms with Gasteiger partial charge in [-0.25, -0.2) is 9.59 Å². The number of thiophene rings is 1. The van der Waals surface area contributed by atoms with Crippen molar-refractivity contribution < 1.29 is 19.4 Å². The van der Waals surface area contributed by atoms with E-state index in [0.29, 0.717) is 29.6 Å². The molecule has 2 amide bonds. The smallest absolute Gasteiger partial charge is 0.338 e. The number of hydrogen-bond donors (Lipinski definition) is 3. The van der Waals surface area contributed by atoms with Gasteiger partial charge >= 0.3 is 12.0 Å². The summed E-state index contributed by atoms with van der Waals surface area (Å²) in [6.07, 6.45) is 2.05. The van der Waals surface area contributed by atoms with Crippen molar-refractivity contribution in [2.45, 2.75) is 26.7 Å². The van der Waals surface area contributed by atoms with Crippen LogP contribution in [0, 0.1) is 19.8 Å². The van der Waals surface area contributed by atoms with Crippen LogP contribution in [0.25, 0.3) is 0 Å². The summed E-state index contributed by atoms with van der Waals surface area (Å²) in [7, 11) is 0. The van der Waals surface area contributed by atoms with Crippen LogP contribution in [0.15, 0.2) is 0 Å². The van der Waals surface area contributed by atoms with E-state index >= 15 is 0 Å². The highest BCUT2D eigenvalue weighted by atomic mass is 32.1. The maximum atomic E-state index is 11.9. The Morgan fingerprint density at radius 2 is 2.19 bits per heavy atom. The van der Waals surface area contributed by atoms with Crippen LogP contribution in [0.3, 0.4) is 0 Å². The predicted molar refractivity (Wildman–Crippen MR) is 81.3 cm³/mol. The Hall–Kier alpha value is -1.60. The standard InChI is InChI=1S/C14H20N2O4S/c1-8-9(2)21-12(11(8)13(17)18)16-14(19)15-6-10-4-3-5-20-7-10/h10H,3-7H2,1-2H3,(H,17,18)(H2,15,16,19). The van der Waals surface area contributed by atoms with Crippen molar-refractivity contribution in [2.75, 3.05) is 25.1 Å². The fourth-order valence-electron chi connectivity index (χ4n) is 2.33. The molecule has 0 bridgehead atoms. The average molecular weight is 312 g/mol. The minimum absolute atomic E-state index is 0.175. The lowest BCUT2D eigenvalue weighted by atomic mass is 10.0. The molecule has 116 valence electrons. The highest BCUT2D eigenvalue weighted by molar-refractivity contribution is 7.16. The molecule has 3 N–H and O–H groups in total. The van der Waals surface area contributed by atoms with Gasteiger partial charge in [0.2, 0.25) is 0 Å². The fourth-order valence-corrected chi connectivity index (χ4v) is 3.37. The van der Waals surface area contributed by atoms with Crippen molar-refractivity contribution in [1.29, 1.82) is 0 Å². The van der Waals surface area contributed by atoms with Crippen LogP contribution in [0.5, 0.6) is 0 Å². The van der Waals surface area contributed by atoms with Gasteiger partial charge in [-0.15, -0.1) is 11.3 Å². The first-order valence-corrected chi connectivity index (χ1v) is 7.76. The molecule has 7 heteroatoms. The van der Waals surface area contributed by atoms with Crippen LogP contribution >= 0.6 is 11.3 Å². The van der Waals surface area contributed by atoms with Gasteiger partial charge in [-0.2, -0.15) is 0 Å². The van der Waals surface area contributed by atoms with Crippen LogP contribution in [-0.2, 0) is 4.74 Å². The summed E-state index contributed by atoms with van der Waals surface area (Å²) < 4.78 is 5.35. The molecule has 21 heavy (non-hydrogen) atoms. The number of carboxylic acids is 1. The summed E-state index contributed by atoms with van der Waals surface area (Å²) >= 11 is 1.28. The summed E-state index contributed by atoms with van der Waals surface area (Å²) in [6.45, 7) is 5.58. The van der Waals surface area contributed by atoms with Gasteiger partial charge in [0, 0.05) is 18.0 Å². The summed E-state index contributed by atoms with van der Waals surface area (Å²) in [5.74, 6) is -0.692. The third-order valence-electron chi connectivity index (χ3n) is 3.63. The first kappa shape index (κ1) is 15.8. The van der Waals surface area contributed by atoms with Gasteiger partial charge in [0.25, 0.3) is 0 Å². The van der Waals surface area contributed by atoms with Crippen LogP contribution in [0.1, 0.15) is 33.6 Å². The van der Waals surface area contributed by atoms with Crippen LogP contribution < -0.4 is 10.6 Å². The molecule has 2 rings (SSSR count). The predicted octanol–water partition coefficient (Wildman–Crippen LogP) is 2.61. The van der Waals surface area contributed by atoms with Gasteiger partial charge in [-0.05, 0) is 38.2 Å². The third-order valence-corrected chi connectivity index (χ3v) is 4.75. The molecule has 2 heterocycles. The average Bonchev–Trinajstić information content (AvgIpc) is 2.72. The molecular weight excluding hydrogens is 292 g/mol. The van der Waals surface area contributed by atoms with E-state index in [-0.39, 0.29) is 11.6 Å². The monoisotopic (exact) mass is 312 g/mol. The lowest BCUT2D eigenvalue weighted by molar-refractivity contribution is 0.0559. The number of ether oxygens (including phenoxy) is 1. The number of hydrogen-bond acceptors (Lipinski definition) is 4. The molecular formula is C14H20N2O4S. The van der Waals surface area contributed by atoms with Gasteiger partial charge in [0.05, 0.1) is 12.2 Å². The molecule has 1 aliphatic heterocycles. The van der Waals surface area contributed by atoms with Gasteiger partial charge < -0.3 is 15.2 Å². The number of carbonyl (C=O) groups excluding carboxylic acids is 1. The number of aromatic carboxylic acids is 1. The maximum absolute atomic E-state index is 11.9. The molecule has 0 aromatic carbocycles. The van der Waals surface area contributed by atoms with E-state index in [1.54, 1.807) is 6.92 Å². The van der Waals surface area contributed by atoms with E-state index < -0.39 is 5.97 Å². The van der Waals surface area contributed by atoms with E-state index in [0.717, 1.165) is 24.3 Å². The molecule has 1 aliphatic rings. The lowest BCUT2D eigenvalue weighted by Crippen LogP contribution is -2.36. The molecule has 1 saturated heterocycles. The zero-order chi connectivity index (χ0) is 15.4. The maximum Gasteiger partial charge on any atom is 0.338 e. The molecule has 1 unspecified atom stereocenters. The summed E-state index contributed by atoms with van der Waals surface area (Å²) in [5.41, 5.74) is 0.872. The van der Waals surface area contributed by atoms with Crippen molar-refractivity contribution in [2.24, 2.45) is 5.92 Å². The van der Waals surface area contributed by atoms with Crippen molar-refractivity contribution >= 4 is 28.3 Å². The first-order valence-electron chi connectivity index (χ1n) is 6.95. The molecule has 1 fully saturated rings. The highest BCUT2D eigenvalue weighted by Gasteiger charge is 2.21. The van der Waals surface area contributed by atoms with Crippen molar-refractivity contribution in [3.05, 3.63) is 16.0 Å². The number of carbonyl (C=O) groups is 2. The highest BCUT2D eigenvalue weighted by Crippen LogP contribution is 2.32. The summed E-state index contributed by atoms with van der Waals surface area (Å²) in [4.78, 5) is 24.1. The van der Waals surface area contributed by atoms with E-state index in [9.17, 15) is 14.7 Å². The van der Waals surface area contributed by atoms with E-state index in [4.69, 9.17) is 4.74 Å². The first-order chi connectivity index (χ1) is 9.99. The van der Waals surface area contributed by atoms with Gasteiger partial charge in [-0.3, -0.25) is 5.32 Å². The number of nitrogens with one attached hydrogen (secondary N) is 2. The molecule has 0 radical (unpaired) electrons. The van der Waals surface area contributed by atoms with Crippen molar-refractivity contribution in [1.82, 2.24) is 5.32 Å². The number of carboxylic acid groups (broad SMARTS) is 1. The molecule has 0 saturated carbocycles. The minimum Gasteiger partial charge on any atom is -0.478 e. The summed E-state index contributed by atoms with van der Waals surface area (Å²) in [6, 6.07) is -0.371. The topological polar surface area (TPSA) is 87.7 Å². The Morgan fingerprint density at radius 3 is 2.81 bits per heavy atom. The van der Waals surface area contributed by atoms with Crippen LogP contribution in [-0.4, -0.2) is 36.9 Å². The second-order valence-corrected chi connectivity index (χ2v) is 6.44. The SMILES string of the molecule is Cc1sc(NC(=O)NCC2CCCOC2)c(C(=O)O)c1C. The van der Waals surface area contributed by atoms with Crippen LogP contribution in [0.2, 0.25) is 0 Å². The number of urea groups is 1. The Labute approximate surface area is 127 Å². The Kier molecular flexibility index (Phi) is 5.19. The van der Waals surface area contributed by atoms with Crippen molar-refractivity contribution in [3.8, 4) is 0 Å². The minimum atomic E-state index is -1.02. The fraction of sp³-hybridized carbons (Fsp3) is 0.571. The van der Waals surface area contributed by atoms with Crippen LogP contribution in [0.4, 0.5) is 9.80 Å². The Balaban J connectivity index is 1.93. The molecule has 0 spiro atoms. The largest absolute Gasteiger partial charge is 0.478 e. The number of anilines is 1. The van der Waals surface area contributed by atoms with Gasteiger partial charge in [-0.1, -0.05) is 0 Å². The van der Waals surface area contributed by atoms with E-state index in [2.05, 4.69) is 10.6 Å².